The fourth-order valence-electron chi connectivity index (χ4n) is 1.53. The van der Waals surface area contributed by atoms with Crippen LogP contribution in [0.1, 0.15) is 25.8 Å². The van der Waals surface area contributed by atoms with E-state index in [1.165, 1.54) is 5.56 Å². The molecule has 100 valence electrons. The van der Waals surface area contributed by atoms with Crippen LogP contribution in [0, 0.1) is 5.92 Å². The van der Waals surface area contributed by atoms with Crippen molar-refractivity contribution in [2.75, 3.05) is 13.6 Å². The van der Waals surface area contributed by atoms with E-state index in [9.17, 15) is 0 Å². The van der Waals surface area contributed by atoms with Gasteiger partial charge in [0.15, 0.2) is 5.96 Å². The van der Waals surface area contributed by atoms with Crippen LogP contribution in [-0.4, -0.2) is 19.6 Å². The van der Waals surface area contributed by atoms with Gasteiger partial charge in [-0.1, -0.05) is 41.9 Å². The normalized spacial score (nSPS) is 11.7. The molecule has 0 fully saturated rings. The molecule has 0 atom stereocenters. The molecular weight excluding hydrogens is 290 g/mol. The molecule has 0 radical (unpaired) electrons. The SMILES string of the molecule is CN=C(NCCC(C)C)NCc1cccc(Br)c1. The standard InChI is InChI=1S/C14H22BrN3/c1-11(2)7-8-17-14(16-3)18-10-12-5-4-6-13(15)9-12/h4-6,9,11H,7-8,10H2,1-3H3,(H2,16,17,18). The average molecular weight is 312 g/mol. The fraction of sp³-hybridized carbons (Fsp3) is 0.500. The molecule has 0 aliphatic carbocycles. The van der Waals surface area contributed by atoms with Crippen molar-refractivity contribution < 1.29 is 0 Å². The first kappa shape index (κ1) is 15.0. The van der Waals surface area contributed by atoms with E-state index in [4.69, 9.17) is 0 Å². The quantitative estimate of drug-likeness (QED) is 0.647. The third-order valence-corrected chi connectivity index (χ3v) is 3.08. The Bertz CT molecular complexity index is 388. The summed E-state index contributed by atoms with van der Waals surface area (Å²) in [6.45, 7) is 6.18. The fourth-order valence-corrected chi connectivity index (χ4v) is 1.98. The first-order valence-electron chi connectivity index (χ1n) is 6.30. The molecule has 0 unspecified atom stereocenters. The summed E-state index contributed by atoms with van der Waals surface area (Å²) in [7, 11) is 1.80. The lowest BCUT2D eigenvalue weighted by Crippen LogP contribution is -2.37. The van der Waals surface area contributed by atoms with Crippen molar-refractivity contribution >= 4 is 21.9 Å². The molecule has 1 rings (SSSR count). The van der Waals surface area contributed by atoms with E-state index in [2.05, 4.69) is 57.5 Å². The lowest BCUT2D eigenvalue weighted by atomic mass is 10.1. The molecule has 1 aromatic carbocycles. The smallest absolute Gasteiger partial charge is 0.191 e. The Morgan fingerprint density at radius 1 is 1.33 bits per heavy atom. The van der Waals surface area contributed by atoms with Crippen LogP contribution in [0.5, 0.6) is 0 Å². The van der Waals surface area contributed by atoms with Gasteiger partial charge in [-0.15, -0.1) is 0 Å². The zero-order valence-electron chi connectivity index (χ0n) is 11.3. The molecule has 0 bridgehead atoms. The van der Waals surface area contributed by atoms with Crippen molar-refractivity contribution in [3.63, 3.8) is 0 Å². The molecule has 1 aromatic rings. The second-order valence-corrected chi connectivity index (χ2v) is 5.58. The highest BCUT2D eigenvalue weighted by Crippen LogP contribution is 2.11. The van der Waals surface area contributed by atoms with E-state index in [0.29, 0.717) is 5.92 Å². The Morgan fingerprint density at radius 3 is 2.72 bits per heavy atom. The Kier molecular flexibility index (Phi) is 6.80. The van der Waals surface area contributed by atoms with Crippen LogP contribution in [0.2, 0.25) is 0 Å². The average Bonchev–Trinajstić information content (AvgIpc) is 2.33. The summed E-state index contributed by atoms with van der Waals surface area (Å²) in [4.78, 5) is 4.21. The Labute approximate surface area is 118 Å². The molecule has 0 spiro atoms. The van der Waals surface area contributed by atoms with E-state index < -0.39 is 0 Å². The number of hydrogen-bond donors (Lipinski definition) is 2. The molecule has 0 amide bonds. The molecule has 4 heteroatoms. The highest BCUT2D eigenvalue weighted by Gasteiger charge is 1.99. The van der Waals surface area contributed by atoms with E-state index >= 15 is 0 Å². The van der Waals surface area contributed by atoms with Crippen molar-refractivity contribution in [1.82, 2.24) is 10.6 Å². The van der Waals surface area contributed by atoms with Crippen molar-refractivity contribution in [2.24, 2.45) is 10.9 Å². The molecule has 0 heterocycles. The molecule has 3 nitrogen and oxygen atoms in total. The number of nitrogens with zero attached hydrogens (tertiary/aromatic N) is 1. The zero-order valence-corrected chi connectivity index (χ0v) is 12.9. The Balaban J connectivity index is 2.36. The molecule has 0 aliphatic rings. The monoisotopic (exact) mass is 311 g/mol. The number of rotatable bonds is 5. The van der Waals surface area contributed by atoms with E-state index in [1.54, 1.807) is 7.05 Å². The van der Waals surface area contributed by atoms with Gasteiger partial charge in [0.05, 0.1) is 0 Å². The van der Waals surface area contributed by atoms with Crippen LogP contribution >= 0.6 is 15.9 Å². The van der Waals surface area contributed by atoms with Crippen LogP contribution in [0.25, 0.3) is 0 Å². The predicted molar refractivity (Wildman–Crippen MR) is 81.8 cm³/mol. The summed E-state index contributed by atoms with van der Waals surface area (Å²) in [6, 6.07) is 8.27. The number of halogens is 1. The lowest BCUT2D eigenvalue weighted by molar-refractivity contribution is 0.573. The Hall–Kier alpha value is -1.03. The molecule has 0 aliphatic heterocycles. The third-order valence-electron chi connectivity index (χ3n) is 2.59. The van der Waals surface area contributed by atoms with Gasteiger partial charge in [0.25, 0.3) is 0 Å². The van der Waals surface area contributed by atoms with Crippen LogP contribution in [0.15, 0.2) is 33.7 Å². The van der Waals surface area contributed by atoms with Crippen molar-refractivity contribution in [1.29, 1.82) is 0 Å². The minimum absolute atomic E-state index is 0.709. The summed E-state index contributed by atoms with van der Waals surface area (Å²) in [5, 5.41) is 6.62. The van der Waals surface area contributed by atoms with E-state index in [-0.39, 0.29) is 0 Å². The van der Waals surface area contributed by atoms with Crippen LogP contribution in [0.3, 0.4) is 0 Å². The number of hydrogen-bond acceptors (Lipinski definition) is 1. The van der Waals surface area contributed by atoms with Crippen LogP contribution < -0.4 is 10.6 Å². The van der Waals surface area contributed by atoms with Gasteiger partial charge in [0.2, 0.25) is 0 Å². The summed E-state index contributed by atoms with van der Waals surface area (Å²) < 4.78 is 1.10. The zero-order chi connectivity index (χ0) is 13.4. The van der Waals surface area contributed by atoms with Crippen LogP contribution in [0.4, 0.5) is 0 Å². The lowest BCUT2D eigenvalue weighted by Gasteiger charge is -2.13. The molecule has 0 aromatic heterocycles. The second kappa shape index (κ2) is 8.14. The maximum atomic E-state index is 4.21. The number of benzene rings is 1. The maximum Gasteiger partial charge on any atom is 0.191 e. The third kappa shape index (κ3) is 6.05. The summed E-state index contributed by atoms with van der Waals surface area (Å²) in [5.41, 5.74) is 1.23. The molecule has 2 N–H and O–H groups in total. The first-order valence-corrected chi connectivity index (χ1v) is 7.10. The first-order chi connectivity index (χ1) is 8.61. The van der Waals surface area contributed by atoms with Gasteiger partial charge in [0, 0.05) is 24.6 Å². The number of nitrogens with one attached hydrogen (secondary N) is 2. The van der Waals surface area contributed by atoms with Gasteiger partial charge in [-0.25, -0.2) is 0 Å². The van der Waals surface area contributed by atoms with Gasteiger partial charge in [0.1, 0.15) is 0 Å². The highest BCUT2D eigenvalue weighted by atomic mass is 79.9. The van der Waals surface area contributed by atoms with E-state index in [0.717, 1.165) is 29.9 Å². The van der Waals surface area contributed by atoms with Gasteiger partial charge in [-0.2, -0.15) is 0 Å². The molecular formula is C14H22BrN3. The predicted octanol–water partition coefficient (Wildman–Crippen LogP) is 3.16. The van der Waals surface area contributed by atoms with Gasteiger partial charge < -0.3 is 10.6 Å². The summed E-state index contributed by atoms with van der Waals surface area (Å²) >= 11 is 3.47. The van der Waals surface area contributed by atoms with Gasteiger partial charge >= 0.3 is 0 Å². The van der Waals surface area contributed by atoms with Crippen molar-refractivity contribution in [3.05, 3.63) is 34.3 Å². The molecule has 18 heavy (non-hydrogen) atoms. The second-order valence-electron chi connectivity index (χ2n) is 4.66. The van der Waals surface area contributed by atoms with Gasteiger partial charge in [-0.3, -0.25) is 4.99 Å². The topological polar surface area (TPSA) is 36.4 Å². The number of guanidine groups is 1. The summed E-state index contributed by atoms with van der Waals surface area (Å²) in [6.07, 6.45) is 1.15. The number of aliphatic imine (C=N–C) groups is 1. The highest BCUT2D eigenvalue weighted by molar-refractivity contribution is 9.10. The molecule has 0 saturated heterocycles. The van der Waals surface area contributed by atoms with Crippen molar-refractivity contribution in [2.45, 2.75) is 26.8 Å². The Morgan fingerprint density at radius 2 is 2.11 bits per heavy atom. The van der Waals surface area contributed by atoms with Crippen LogP contribution in [-0.2, 0) is 6.54 Å². The van der Waals surface area contributed by atoms with Crippen molar-refractivity contribution in [3.8, 4) is 0 Å². The minimum Gasteiger partial charge on any atom is -0.356 e. The van der Waals surface area contributed by atoms with E-state index in [1.807, 2.05) is 12.1 Å². The summed E-state index contributed by atoms with van der Waals surface area (Å²) in [5.74, 6) is 1.57. The minimum atomic E-state index is 0.709. The van der Waals surface area contributed by atoms with Gasteiger partial charge in [-0.05, 0) is 30.0 Å². The maximum absolute atomic E-state index is 4.21. The largest absolute Gasteiger partial charge is 0.356 e. The molecule has 0 saturated carbocycles.